The van der Waals surface area contributed by atoms with Crippen LogP contribution in [0.5, 0.6) is 5.75 Å². The van der Waals surface area contributed by atoms with E-state index in [0.717, 1.165) is 22.3 Å². The van der Waals surface area contributed by atoms with E-state index in [1.807, 2.05) is 54.3 Å². The van der Waals surface area contributed by atoms with Crippen LogP contribution in [-0.4, -0.2) is 20.9 Å². The van der Waals surface area contributed by atoms with Crippen molar-refractivity contribution in [1.29, 1.82) is 5.41 Å². The van der Waals surface area contributed by atoms with Gasteiger partial charge in [-0.05, 0) is 24.1 Å². The quantitative estimate of drug-likeness (QED) is 0.501. The van der Waals surface area contributed by atoms with E-state index in [0.29, 0.717) is 30.2 Å². The van der Waals surface area contributed by atoms with Gasteiger partial charge in [-0.3, -0.25) is 5.41 Å². The third-order valence-electron chi connectivity index (χ3n) is 4.67. The maximum absolute atomic E-state index is 10.8. The van der Waals surface area contributed by atoms with Crippen molar-refractivity contribution < 1.29 is 5.11 Å². The molecule has 0 amide bonds. The van der Waals surface area contributed by atoms with Crippen LogP contribution < -0.4 is 10.6 Å². The first-order valence-corrected chi connectivity index (χ1v) is 8.35. The highest BCUT2D eigenvalue weighted by Crippen LogP contribution is 2.37. The van der Waals surface area contributed by atoms with Crippen LogP contribution in [0.3, 0.4) is 0 Å². The summed E-state index contributed by atoms with van der Waals surface area (Å²) in [5.41, 5.74) is 11.1. The second-order valence-corrected chi connectivity index (χ2v) is 6.51. The van der Waals surface area contributed by atoms with Crippen molar-refractivity contribution in [3.63, 3.8) is 0 Å². The molecule has 2 heterocycles. The number of nitrogens with zero attached hydrogens (tertiary/aromatic N) is 3. The first-order chi connectivity index (χ1) is 12.5. The van der Waals surface area contributed by atoms with Crippen LogP contribution in [0.25, 0.3) is 11.3 Å². The number of aromatic hydroxyl groups is 1. The average molecular weight is 345 g/mol. The van der Waals surface area contributed by atoms with Crippen molar-refractivity contribution in [2.75, 3.05) is 4.90 Å². The van der Waals surface area contributed by atoms with Crippen LogP contribution in [0.2, 0.25) is 0 Å². The topological polar surface area (TPSA) is 99.1 Å². The van der Waals surface area contributed by atoms with Crippen LogP contribution in [0.1, 0.15) is 22.3 Å². The minimum absolute atomic E-state index is 0.0535. The minimum Gasteiger partial charge on any atom is -0.503 e. The standard InChI is InChI=1S/C20H19N5O/c1-12-2-4-13(5-3-12)17-18(26)20(24-11-23-17)25-9-15-7-6-14(19(21)22)8-16(15)10-25/h2-8,11,26H,9-10H2,1H3,(H3,21,22). The number of aryl methyl sites for hydroxylation is 1. The van der Waals surface area contributed by atoms with Gasteiger partial charge in [0.2, 0.25) is 0 Å². The third kappa shape index (κ3) is 2.75. The summed E-state index contributed by atoms with van der Waals surface area (Å²) < 4.78 is 0. The highest BCUT2D eigenvalue weighted by atomic mass is 16.3. The van der Waals surface area contributed by atoms with E-state index in [9.17, 15) is 5.11 Å². The van der Waals surface area contributed by atoms with Crippen LogP contribution in [0.15, 0.2) is 48.8 Å². The van der Waals surface area contributed by atoms with E-state index in [-0.39, 0.29) is 11.6 Å². The van der Waals surface area contributed by atoms with E-state index < -0.39 is 0 Å². The molecule has 26 heavy (non-hydrogen) atoms. The van der Waals surface area contributed by atoms with E-state index >= 15 is 0 Å². The first kappa shape index (κ1) is 16.1. The van der Waals surface area contributed by atoms with Crippen LogP contribution in [0.4, 0.5) is 5.82 Å². The van der Waals surface area contributed by atoms with Gasteiger partial charge < -0.3 is 15.7 Å². The highest BCUT2D eigenvalue weighted by molar-refractivity contribution is 5.95. The zero-order chi connectivity index (χ0) is 18.3. The smallest absolute Gasteiger partial charge is 0.185 e. The van der Waals surface area contributed by atoms with Gasteiger partial charge in [-0.1, -0.05) is 42.0 Å². The summed E-state index contributed by atoms with van der Waals surface area (Å²) in [4.78, 5) is 10.6. The number of benzene rings is 2. The summed E-state index contributed by atoms with van der Waals surface area (Å²) in [7, 11) is 0. The molecule has 1 aliphatic heterocycles. The molecular formula is C20H19N5O. The molecule has 0 atom stereocenters. The fourth-order valence-corrected chi connectivity index (χ4v) is 3.24. The Labute approximate surface area is 151 Å². The SMILES string of the molecule is Cc1ccc(-c2ncnc(N3Cc4ccc(C(=N)N)cc4C3)c2O)cc1. The van der Waals surface area contributed by atoms with Crippen molar-refractivity contribution >= 4 is 11.7 Å². The maximum Gasteiger partial charge on any atom is 0.185 e. The van der Waals surface area contributed by atoms with Gasteiger partial charge >= 0.3 is 0 Å². The average Bonchev–Trinajstić information content (AvgIpc) is 3.05. The van der Waals surface area contributed by atoms with Gasteiger partial charge in [0, 0.05) is 24.2 Å². The molecule has 4 N–H and O–H groups in total. The lowest BCUT2D eigenvalue weighted by Gasteiger charge is -2.18. The lowest BCUT2D eigenvalue weighted by atomic mass is 10.1. The van der Waals surface area contributed by atoms with Crippen molar-refractivity contribution in [1.82, 2.24) is 9.97 Å². The Balaban J connectivity index is 1.68. The zero-order valence-electron chi connectivity index (χ0n) is 14.4. The van der Waals surface area contributed by atoms with Crippen LogP contribution >= 0.6 is 0 Å². The van der Waals surface area contributed by atoms with Gasteiger partial charge in [0.25, 0.3) is 0 Å². The number of nitrogens with two attached hydrogens (primary N) is 1. The predicted octanol–water partition coefficient (Wildman–Crippen LogP) is 2.96. The monoisotopic (exact) mass is 345 g/mol. The molecule has 0 saturated carbocycles. The number of hydrogen-bond acceptors (Lipinski definition) is 5. The Morgan fingerprint density at radius 2 is 1.81 bits per heavy atom. The molecule has 3 aromatic rings. The first-order valence-electron chi connectivity index (χ1n) is 8.35. The van der Waals surface area contributed by atoms with Crippen molar-refractivity contribution in [3.05, 3.63) is 71.0 Å². The molecule has 130 valence electrons. The molecule has 0 saturated heterocycles. The van der Waals surface area contributed by atoms with E-state index in [2.05, 4.69) is 9.97 Å². The van der Waals surface area contributed by atoms with E-state index in [4.69, 9.17) is 11.1 Å². The molecule has 0 unspecified atom stereocenters. The third-order valence-corrected chi connectivity index (χ3v) is 4.67. The molecule has 6 nitrogen and oxygen atoms in total. The minimum atomic E-state index is 0.0535. The molecule has 0 aliphatic carbocycles. The molecule has 0 fully saturated rings. The summed E-state index contributed by atoms with van der Waals surface area (Å²) in [6.45, 7) is 3.27. The molecule has 0 spiro atoms. The Bertz CT molecular complexity index is 998. The number of anilines is 1. The maximum atomic E-state index is 10.8. The van der Waals surface area contributed by atoms with Gasteiger partial charge in [0.1, 0.15) is 17.9 Å². The van der Waals surface area contributed by atoms with Gasteiger partial charge in [0.15, 0.2) is 11.6 Å². The second-order valence-electron chi connectivity index (χ2n) is 6.51. The van der Waals surface area contributed by atoms with Crippen molar-refractivity contribution in [2.45, 2.75) is 20.0 Å². The summed E-state index contributed by atoms with van der Waals surface area (Å²) in [6.07, 6.45) is 1.48. The molecule has 2 aromatic carbocycles. The number of fused-ring (bicyclic) bond motifs is 1. The van der Waals surface area contributed by atoms with Gasteiger partial charge in [-0.25, -0.2) is 9.97 Å². The summed E-state index contributed by atoms with van der Waals surface area (Å²) in [5.74, 6) is 0.643. The van der Waals surface area contributed by atoms with E-state index in [1.54, 1.807) is 0 Å². The number of amidine groups is 1. The zero-order valence-corrected chi connectivity index (χ0v) is 14.4. The Kier molecular flexibility index (Phi) is 3.80. The lowest BCUT2D eigenvalue weighted by Crippen LogP contribution is -2.16. The summed E-state index contributed by atoms with van der Waals surface area (Å²) in [6, 6.07) is 13.6. The molecule has 6 heteroatoms. The van der Waals surface area contributed by atoms with Crippen molar-refractivity contribution in [3.8, 4) is 17.0 Å². The second kappa shape index (κ2) is 6.15. The van der Waals surface area contributed by atoms with Crippen LogP contribution in [0, 0.1) is 12.3 Å². The van der Waals surface area contributed by atoms with Crippen LogP contribution in [-0.2, 0) is 13.1 Å². The molecule has 4 rings (SSSR count). The normalized spacial score (nSPS) is 12.9. The number of hydrogen-bond donors (Lipinski definition) is 3. The largest absolute Gasteiger partial charge is 0.503 e. The number of nitrogen functional groups attached to an aromatic ring is 1. The molecule has 0 radical (unpaired) electrons. The molecule has 0 bridgehead atoms. The van der Waals surface area contributed by atoms with Gasteiger partial charge in [0.05, 0.1) is 0 Å². The molecular weight excluding hydrogens is 326 g/mol. The lowest BCUT2D eigenvalue weighted by molar-refractivity contribution is 0.470. The fourth-order valence-electron chi connectivity index (χ4n) is 3.24. The number of rotatable bonds is 3. The summed E-state index contributed by atoms with van der Waals surface area (Å²) in [5, 5.41) is 18.4. The molecule has 1 aliphatic rings. The number of nitrogens with one attached hydrogen (secondary N) is 1. The Morgan fingerprint density at radius 1 is 1.08 bits per heavy atom. The fraction of sp³-hybridized carbons (Fsp3) is 0.150. The van der Waals surface area contributed by atoms with E-state index in [1.165, 1.54) is 6.33 Å². The van der Waals surface area contributed by atoms with Gasteiger partial charge in [-0.2, -0.15) is 0 Å². The Hall–Kier alpha value is -3.41. The van der Waals surface area contributed by atoms with Crippen molar-refractivity contribution in [2.24, 2.45) is 5.73 Å². The number of aromatic nitrogens is 2. The highest BCUT2D eigenvalue weighted by Gasteiger charge is 2.24. The summed E-state index contributed by atoms with van der Waals surface area (Å²) >= 11 is 0. The van der Waals surface area contributed by atoms with Gasteiger partial charge in [-0.15, -0.1) is 0 Å². The predicted molar refractivity (Wildman–Crippen MR) is 101 cm³/mol. The molecule has 1 aromatic heterocycles. The Morgan fingerprint density at radius 3 is 2.54 bits per heavy atom.